The van der Waals surface area contributed by atoms with E-state index in [0.717, 1.165) is 16.8 Å². The first-order valence-corrected chi connectivity index (χ1v) is 9.33. The Hall–Kier alpha value is -2.78. The van der Waals surface area contributed by atoms with Crippen molar-refractivity contribution >= 4 is 23.2 Å². The van der Waals surface area contributed by atoms with Crippen molar-refractivity contribution in [3.8, 4) is 5.75 Å². The number of halogens is 1. The van der Waals surface area contributed by atoms with Gasteiger partial charge in [-0.3, -0.25) is 4.79 Å². The highest BCUT2D eigenvalue weighted by atomic mass is 35.5. The van der Waals surface area contributed by atoms with Gasteiger partial charge < -0.3 is 9.64 Å². The first-order chi connectivity index (χ1) is 13.1. The van der Waals surface area contributed by atoms with Crippen LogP contribution in [0.3, 0.4) is 0 Å². The second-order valence-corrected chi connectivity index (χ2v) is 7.15. The van der Waals surface area contributed by atoms with E-state index in [2.05, 4.69) is 18.2 Å². The number of carbonyl (C=O) groups is 1. The minimum absolute atomic E-state index is 0.0431. The van der Waals surface area contributed by atoms with Crippen LogP contribution in [0.25, 0.3) is 0 Å². The highest BCUT2D eigenvalue weighted by Crippen LogP contribution is 2.42. The lowest BCUT2D eigenvalue weighted by Gasteiger charge is -2.38. The Balaban J connectivity index is 1.71. The van der Waals surface area contributed by atoms with E-state index in [1.165, 1.54) is 0 Å². The summed E-state index contributed by atoms with van der Waals surface area (Å²) in [5.74, 6) is 0.429. The summed E-state index contributed by atoms with van der Waals surface area (Å²) >= 11 is 5.95. The van der Waals surface area contributed by atoms with Gasteiger partial charge in [0, 0.05) is 23.7 Å². The van der Waals surface area contributed by atoms with Crippen LogP contribution in [0.2, 0.25) is 5.02 Å². The van der Waals surface area contributed by atoms with Crippen LogP contribution in [-0.2, 0) is 4.79 Å². The zero-order valence-corrected chi connectivity index (χ0v) is 15.8. The summed E-state index contributed by atoms with van der Waals surface area (Å²) in [5.41, 5.74) is 3.23. The summed E-state index contributed by atoms with van der Waals surface area (Å²) < 4.78 is 5.98. The summed E-state index contributed by atoms with van der Waals surface area (Å²) in [4.78, 5) is 14.9. The van der Waals surface area contributed by atoms with Gasteiger partial charge in [-0.1, -0.05) is 60.1 Å². The number of benzene rings is 3. The number of fused-ring (bicyclic) bond motifs is 1. The fraction of sp³-hybridized carbons (Fsp3) is 0.174. The molecule has 0 N–H and O–H groups in total. The first kappa shape index (κ1) is 17.6. The van der Waals surface area contributed by atoms with Crippen LogP contribution < -0.4 is 9.64 Å². The minimum atomic E-state index is -0.303. The number of amides is 1. The molecule has 0 spiro atoms. The molecule has 0 unspecified atom stereocenters. The van der Waals surface area contributed by atoms with Crippen LogP contribution in [0.4, 0.5) is 5.69 Å². The van der Waals surface area contributed by atoms with Crippen molar-refractivity contribution in [1.29, 1.82) is 0 Å². The monoisotopic (exact) mass is 377 g/mol. The van der Waals surface area contributed by atoms with Gasteiger partial charge in [0.25, 0.3) is 0 Å². The molecule has 2 atom stereocenters. The maximum Gasteiger partial charge on any atom is 0.234 e. The lowest BCUT2D eigenvalue weighted by atomic mass is 9.77. The largest absolute Gasteiger partial charge is 0.493 e. The van der Waals surface area contributed by atoms with Gasteiger partial charge in [-0.05, 0) is 41.5 Å². The molecular weight excluding hydrogens is 358 g/mol. The number of hydrogen-bond acceptors (Lipinski definition) is 2. The van der Waals surface area contributed by atoms with Crippen molar-refractivity contribution in [2.45, 2.75) is 5.92 Å². The van der Waals surface area contributed by atoms with Gasteiger partial charge in [0.15, 0.2) is 0 Å². The van der Waals surface area contributed by atoms with Gasteiger partial charge in [0.2, 0.25) is 5.91 Å². The van der Waals surface area contributed by atoms with Crippen molar-refractivity contribution in [2.24, 2.45) is 5.92 Å². The lowest BCUT2D eigenvalue weighted by Crippen LogP contribution is -2.44. The highest BCUT2D eigenvalue weighted by Gasteiger charge is 2.40. The Morgan fingerprint density at radius 2 is 1.59 bits per heavy atom. The van der Waals surface area contributed by atoms with Crippen molar-refractivity contribution in [1.82, 2.24) is 0 Å². The molecule has 3 nitrogen and oxygen atoms in total. The molecule has 1 aliphatic rings. The summed E-state index contributed by atoms with van der Waals surface area (Å²) in [5, 5.41) is 0.659. The van der Waals surface area contributed by atoms with E-state index in [1.54, 1.807) is 17.0 Å². The molecule has 0 radical (unpaired) electrons. The molecule has 3 aromatic rings. The molecule has 136 valence electrons. The second-order valence-electron chi connectivity index (χ2n) is 6.72. The Morgan fingerprint density at radius 3 is 2.33 bits per heavy atom. The summed E-state index contributed by atoms with van der Waals surface area (Å²) in [6.45, 7) is 0.304. The molecule has 3 aromatic carbocycles. The molecule has 1 amide bonds. The number of para-hydroxylation sites is 1. The highest BCUT2D eigenvalue weighted by molar-refractivity contribution is 6.30. The average molecular weight is 378 g/mol. The van der Waals surface area contributed by atoms with Gasteiger partial charge in [-0.15, -0.1) is 0 Å². The molecule has 1 heterocycles. The minimum Gasteiger partial charge on any atom is -0.493 e. The van der Waals surface area contributed by atoms with E-state index < -0.39 is 0 Å². The maximum atomic E-state index is 13.2. The quantitative estimate of drug-likeness (QED) is 0.629. The fourth-order valence-corrected chi connectivity index (χ4v) is 3.87. The smallest absolute Gasteiger partial charge is 0.234 e. The molecule has 0 saturated carbocycles. The third-order valence-corrected chi connectivity index (χ3v) is 5.34. The standard InChI is InChI=1S/C23H20ClNO2/c1-25-21-10-6-5-9-19(21)22(16-7-3-2-4-8-16)20(23(25)26)15-27-18-13-11-17(24)12-14-18/h2-14,20,22H,15H2,1H3/t20-,22-/m1/s1. The SMILES string of the molecule is CN1C(=O)[C@H](COc2ccc(Cl)cc2)[C@H](c2ccccc2)c2ccccc21. The molecule has 0 aliphatic carbocycles. The predicted octanol–water partition coefficient (Wildman–Crippen LogP) is 5.14. The van der Waals surface area contributed by atoms with E-state index >= 15 is 0 Å². The van der Waals surface area contributed by atoms with E-state index in [9.17, 15) is 4.79 Å². The number of hydrogen-bond donors (Lipinski definition) is 0. The molecular formula is C23H20ClNO2. The third kappa shape index (κ3) is 3.43. The zero-order chi connectivity index (χ0) is 18.8. The van der Waals surface area contributed by atoms with Crippen molar-refractivity contribution in [3.63, 3.8) is 0 Å². The van der Waals surface area contributed by atoms with E-state index in [-0.39, 0.29) is 17.7 Å². The number of ether oxygens (including phenoxy) is 1. The van der Waals surface area contributed by atoms with Crippen molar-refractivity contribution in [2.75, 3.05) is 18.6 Å². The Bertz CT molecular complexity index is 940. The topological polar surface area (TPSA) is 29.5 Å². The van der Waals surface area contributed by atoms with E-state index in [0.29, 0.717) is 17.4 Å². The first-order valence-electron chi connectivity index (χ1n) is 8.95. The van der Waals surface area contributed by atoms with E-state index in [4.69, 9.17) is 16.3 Å². The van der Waals surface area contributed by atoms with Gasteiger partial charge in [-0.2, -0.15) is 0 Å². The van der Waals surface area contributed by atoms with Crippen LogP contribution in [0.5, 0.6) is 5.75 Å². The van der Waals surface area contributed by atoms with Crippen molar-refractivity contribution < 1.29 is 9.53 Å². The summed E-state index contributed by atoms with van der Waals surface area (Å²) in [6.07, 6.45) is 0. The predicted molar refractivity (Wildman–Crippen MR) is 109 cm³/mol. The molecule has 1 aliphatic heterocycles. The fourth-order valence-electron chi connectivity index (χ4n) is 3.74. The second kappa shape index (κ2) is 7.45. The Labute approximate surface area is 164 Å². The molecule has 4 heteroatoms. The molecule has 0 saturated heterocycles. The molecule has 4 rings (SSSR count). The van der Waals surface area contributed by atoms with Crippen molar-refractivity contribution in [3.05, 3.63) is 95.0 Å². The van der Waals surface area contributed by atoms with Crippen LogP contribution >= 0.6 is 11.6 Å². The summed E-state index contributed by atoms with van der Waals surface area (Å²) in [7, 11) is 1.83. The average Bonchev–Trinajstić information content (AvgIpc) is 2.71. The van der Waals surface area contributed by atoms with Crippen LogP contribution in [-0.4, -0.2) is 19.6 Å². The van der Waals surface area contributed by atoms with Gasteiger partial charge >= 0.3 is 0 Å². The van der Waals surface area contributed by atoms with E-state index in [1.807, 2.05) is 55.6 Å². The molecule has 0 fully saturated rings. The molecule has 0 aromatic heterocycles. The van der Waals surface area contributed by atoms with Crippen LogP contribution in [0.15, 0.2) is 78.9 Å². The lowest BCUT2D eigenvalue weighted by molar-refractivity contribution is -0.124. The normalized spacial score (nSPS) is 18.9. The van der Waals surface area contributed by atoms with Gasteiger partial charge in [0.1, 0.15) is 12.4 Å². The third-order valence-electron chi connectivity index (χ3n) is 5.09. The van der Waals surface area contributed by atoms with Crippen LogP contribution in [0, 0.1) is 5.92 Å². The number of rotatable bonds is 4. The molecule has 0 bridgehead atoms. The number of nitrogens with zero attached hydrogens (tertiary/aromatic N) is 1. The van der Waals surface area contributed by atoms with Crippen LogP contribution in [0.1, 0.15) is 17.0 Å². The Kier molecular flexibility index (Phi) is 4.87. The summed E-state index contributed by atoms with van der Waals surface area (Å²) in [6, 6.07) is 25.5. The van der Waals surface area contributed by atoms with Gasteiger partial charge in [0.05, 0.1) is 5.92 Å². The van der Waals surface area contributed by atoms with Gasteiger partial charge in [-0.25, -0.2) is 0 Å². The Morgan fingerprint density at radius 1 is 0.926 bits per heavy atom. The number of carbonyl (C=O) groups excluding carboxylic acids is 1. The maximum absolute atomic E-state index is 13.2. The molecule has 27 heavy (non-hydrogen) atoms. The zero-order valence-electron chi connectivity index (χ0n) is 15.0. The number of anilines is 1.